The maximum absolute atomic E-state index is 12.0. The lowest BCUT2D eigenvalue weighted by Gasteiger charge is -2.05. The Hall–Kier alpha value is -0.880. The highest BCUT2D eigenvalue weighted by Crippen LogP contribution is 2.21. The van der Waals surface area contributed by atoms with Crippen molar-refractivity contribution in [1.82, 2.24) is 0 Å². The van der Waals surface area contributed by atoms with Crippen molar-refractivity contribution in [2.45, 2.75) is 11.1 Å². The van der Waals surface area contributed by atoms with Crippen LogP contribution in [0.25, 0.3) is 0 Å². The van der Waals surface area contributed by atoms with E-state index >= 15 is 0 Å². The van der Waals surface area contributed by atoms with Crippen molar-refractivity contribution in [3.05, 3.63) is 24.3 Å². The predicted molar refractivity (Wildman–Crippen MR) is 61.2 cm³/mol. The van der Waals surface area contributed by atoms with Crippen molar-refractivity contribution in [3.63, 3.8) is 0 Å². The summed E-state index contributed by atoms with van der Waals surface area (Å²) >= 11 is 6.46. The van der Waals surface area contributed by atoms with Gasteiger partial charge in [0.1, 0.15) is 0 Å². The molecule has 0 fully saturated rings. The lowest BCUT2D eigenvalue weighted by Crippen LogP contribution is -2.18. The number of halogens is 4. The van der Waals surface area contributed by atoms with Gasteiger partial charge in [-0.25, -0.2) is 0 Å². The molecule has 1 aromatic carbocycles. The molecule has 1 N–H and O–H groups in total. The van der Waals surface area contributed by atoms with Crippen LogP contribution in [0.5, 0.6) is 0 Å². The van der Waals surface area contributed by atoms with Crippen LogP contribution in [-0.2, 0) is 0 Å². The monoisotopic (exact) mass is 268 g/mol. The third kappa shape index (κ3) is 3.94. The third-order valence-corrected chi connectivity index (χ3v) is 2.65. The van der Waals surface area contributed by atoms with Crippen molar-refractivity contribution < 1.29 is 13.2 Å². The number of nitrogens with one attached hydrogen (secondary N) is 1. The van der Waals surface area contributed by atoms with Gasteiger partial charge in [0.15, 0.2) is 0 Å². The average Bonchev–Trinajstić information content (AvgIpc) is 2.25. The normalized spacial score (nSPS) is 12.7. The van der Waals surface area contributed by atoms with Gasteiger partial charge < -0.3 is 0 Å². The number of nitrogens with zero attached hydrogens (tertiary/aromatic N) is 1. The minimum atomic E-state index is -4.62. The van der Waals surface area contributed by atoms with Crippen LogP contribution in [0.3, 0.4) is 0 Å². The summed E-state index contributed by atoms with van der Waals surface area (Å²) in [5, 5.41) is 1.59. The number of hydrogen-bond donors (Lipinski definition) is 1. The summed E-state index contributed by atoms with van der Waals surface area (Å²) in [7, 11) is 0. The van der Waals surface area contributed by atoms with Gasteiger partial charge in [0.25, 0.3) is 0 Å². The zero-order chi connectivity index (χ0) is 12.2. The third-order valence-electron chi connectivity index (χ3n) is 1.61. The average molecular weight is 269 g/mol. The Morgan fingerprint density at radius 3 is 2.31 bits per heavy atom. The molecule has 16 heavy (non-hydrogen) atoms. The highest BCUT2D eigenvalue weighted by atomic mass is 35.5. The Morgan fingerprint density at radius 2 is 1.88 bits per heavy atom. The molecule has 0 unspecified atom stereocenters. The summed E-state index contributed by atoms with van der Waals surface area (Å²) in [6.07, 6.45) is -2.71. The molecule has 0 aromatic heterocycles. The summed E-state index contributed by atoms with van der Waals surface area (Å²) in [6, 6.07) is 6.78. The minimum absolute atomic E-state index is 0.445. The fourth-order valence-electron chi connectivity index (χ4n) is 0.843. The highest BCUT2D eigenvalue weighted by molar-refractivity contribution is 7.98. The van der Waals surface area contributed by atoms with E-state index < -0.39 is 11.3 Å². The molecule has 0 atom stereocenters. The van der Waals surface area contributed by atoms with Crippen LogP contribution in [0.15, 0.2) is 34.3 Å². The van der Waals surface area contributed by atoms with E-state index in [9.17, 15) is 13.2 Å². The van der Waals surface area contributed by atoms with Gasteiger partial charge in [0.05, 0.1) is 5.69 Å². The van der Waals surface area contributed by atoms with Gasteiger partial charge >= 0.3 is 6.18 Å². The molecule has 7 heteroatoms. The van der Waals surface area contributed by atoms with Crippen molar-refractivity contribution in [1.29, 1.82) is 0 Å². The van der Waals surface area contributed by atoms with Crippen LogP contribution in [0.4, 0.5) is 18.9 Å². The van der Waals surface area contributed by atoms with E-state index in [0.29, 0.717) is 5.69 Å². The largest absolute Gasteiger partial charge is 0.446 e. The van der Waals surface area contributed by atoms with Gasteiger partial charge in [-0.15, -0.1) is 11.8 Å². The zero-order valence-corrected chi connectivity index (χ0v) is 9.75. The molecule has 0 radical (unpaired) electrons. The number of hydrogen-bond acceptors (Lipinski definition) is 3. The van der Waals surface area contributed by atoms with E-state index in [1.807, 2.05) is 6.26 Å². The van der Waals surface area contributed by atoms with Gasteiger partial charge in [-0.3, -0.25) is 5.43 Å². The molecule has 1 aromatic rings. The number of alkyl halides is 3. The maximum Gasteiger partial charge on any atom is 0.446 e. The molecule has 0 saturated carbocycles. The molecule has 2 nitrogen and oxygen atoms in total. The molecule has 0 aliphatic carbocycles. The molecule has 0 amide bonds. The second kappa shape index (κ2) is 5.45. The van der Waals surface area contributed by atoms with Crippen molar-refractivity contribution in [2.75, 3.05) is 11.7 Å². The minimum Gasteiger partial charge on any atom is -0.277 e. The number of benzene rings is 1. The van der Waals surface area contributed by atoms with Crippen molar-refractivity contribution >= 4 is 34.2 Å². The first-order chi connectivity index (χ1) is 7.43. The fourth-order valence-corrected chi connectivity index (χ4v) is 1.29. The van der Waals surface area contributed by atoms with Crippen LogP contribution in [0.2, 0.25) is 0 Å². The van der Waals surface area contributed by atoms with Crippen LogP contribution in [-0.4, -0.2) is 17.6 Å². The highest BCUT2D eigenvalue weighted by Gasteiger charge is 2.34. The molecule has 0 spiro atoms. The zero-order valence-electron chi connectivity index (χ0n) is 8.18. The summed E-state index contributed by atoms with van der Waals surface area (Å²) < 4.78 is 35.9. The first kappa shape index (κ1) is 13.2. The summed E-state index contributed by atoms with van der Waals surface area (Å²) in [6.45, 7) is 0. The SMILES string of the molecule is CSc1ccc(N/N=C(\Cl)C(F)(F)F)cc1. The lowest BCUT2D eigenvalue weighted by atomic mass is 10.3. The Balaban J connectivity index is 2.67. The number of hydrazone groups is 1. The quantitative estimate of drug-likeness (QED) is 0.510. The molecule has 1 rings (SSSR count). The predicted octanol–water partition coefficient (Wildman–Crippen LogP) is 3.94. The standard InChI is InChI=1S/C9H8ClF3N2S/c1-16-7-4-2-6(3-5-7)14-15-8(10)9(11,12)13/h2-5,14H,1H3/b15-8-. The molecule has 0 aliphatic rings. The Kier molecular flexibility index (Phi) is 4.49. The first-order valence-corrected chi connectivity index (χ1v) is 5.74. The summed E-state index contributed by atoms with van der Waals surface area (Å²) in [5.74, 6) is 0. The molecular weight excluding hydrogens is 261 g/mol. The van der Waals surface area contributed by atoms with Gasteiger partial charge in [-0.2, -0.15) is 18.3 Å². The van der Waals surface area contributed by atoms with Gasteiger partial charge in [-0.05, 0) is 30.5 Å². The van der Waals surface area contributed by atoms with E-state index in [1.165, 1.54) is 11.8 Å². The first-order valence-electron chi connectivity index (χ1n) is 4.14. The van der Waals surface area contributed by atoms with E-state index in [4.69, 9.17) is 11.6 Å². The second-order valence-electron chi connectivity index (χ2n) is 2.74. The Morgan fingerprint density at radius 1 is 1.31 bits per heavy atom. The van der Waals surface area contributed by atoms with Gasteiger partial charge in [-0.1, -0.05) is 11.6 Å². The molecule has 0 aliphatic heterocycles. The molecule has 0 bridgehead atoms. The maximum atomic E-state index is 12.0. The van der Waals surface area contributed by atoms with E-state index in [0.717, 1.165) is 4.90 Å². The molecule has 0 heterocycles. The van der Waals surface area contributed by atoms with Gasteiger partial charge in [0, 0.05) is 4.90 Å². The summed E-state index contributed by atoms with van der Waals surface area (Å²) in [4.78, 5) is 1.01. The fraction of sp³-hybridized carbons (Fsp3) is 0.222. The van der Waals surface area contributed by atoms with Crippen LogP contribution >= 0.6 is 23.4 Å². The summed E-state index contributed by atoms with van der Waals surface area (Å²) in [5.41, 5.74) is 2.67. The lowest BCUT2D eigenvalue weighted by molar-refractivity contribution is -0.0559. The van der Waals surface area contributed by atoms with Crippen molar-refractivity contribution in [2.24, 2.45) is 5.10 Å². The van der Waals surface area contributed by atoms with E-state index in [-0.39, 0.29) is 0 Å². The number of thioether (sulfide) groups is 1. The second-order valence-corrected chi connectivity index (χ2v) is 3.98. The van der Waals surface area contributed by atoms with Crippen LogP contribution < -0.4 is 5.43 Å². The Bertz CT molecular complexity index is 375. The van der Waals surface area contributed by atoms with E-state index in [1.54, 1.807) is 24.3 Å². The van der Waals surface area contributed by atoms with Crippen LogP contribution in [0, 0.1) is 0 Å². The smallest absolute Gasteiger partial charge is 0.277 e. The van der Waals surface area contributed by atoms with Gasteiger partial charge in [0.2, 0.25) is 5.17 Å². The van der Waals surface area contributed by atoms with E-state index in [2.05, 4.69) is 10.5 Å². The molecular formula is C9H8ClF3N2S. The molecule has 0 saturated heterocycles. The molecule has 88 valence electrons. The number of rotatable bonds is 3. The number of anilines is 1. The Labute approximate surface area is 99.9 Å². The van der Waals surface area contributed by atoms with Crippen molar-refractivity contribution in [3.8, 4) is 0 Å². The topological polar surface area (TPSA) is 24.4 Å². The van der Waals surface area contributed by atoms with Crippen LogP contribution in [0.1, 0.15) is 0 Å².